The van der Waals surface area contributed by atoms with Crippen molar-refractivity contribution in [3.05, 3.63) is 46.3 Å². The molecular formula is C13H14BrNO3. The van der Waals surface area contributed by atoms with Crippen LogP contribution in [-0.2, 0) is 0 Å². The fraction of sp³-hybridized carbons (Fsp3) is 0.231. The van der Waals surface area contributed by atoms with Gasteiger partial charge in [-0.15, -0.1) is 0 Å². The van der Waals surface area contributed by atoms with Gasteiger partial charge in [0.1, 0.15) is 5.76 Å². The van der Waals surface area contributed by atoms with Crippen LogP contribution in [0.15, 0.2) is 39.4 Å². The van der Waals surface area contributed by atoms with E-state index < -0.39 is 0 Å². The normalized spacial score (nSPS) is 12.2. The number of furan rings is 1. The fourth-order valence-electron chi connectivity index (χ4n) is 1.71. The third-order valence-corrected chi connectivity index (χ3v) is 3.09. The van der Waals surface area contributed by atoms with Crippen molar-refractivity contribution in [2.45, 2.75) is 6.04 Å². The minimum atomic E-state index is -0.337. The zero-order valence-electron chi connectivity index (χ0n) is 10.1. The lowest BCUT2D eigenvalue weighted by atomic mass is 10.0. The first kappa shape index (κ1) is 13.0. The van der Waals surface area contributed by atoms with Crippen molar-refractivity contribution in [1.82, 2.24) is 0 Å². The van der Waals surface area contributed by atoms with E-state index in [0.29, 0.717) is 21.9 Å². The highest BCUT2D eigenvalue weighted by Gasteiger charge is 2.15. The van der Waals surface area contributed by atoms with Crippen LogP contribution in [0.3, 0.4) is 0 Å². The van der Waals surface area contributed by atoms with Crippen LogP contribution >= 0.6 is 15.9 Å². The summed E-state index contributed by atoms with van der Waals surface area (Å²) in [4.78, 5) is 0. The lowest BCUT2D eigenvalue weighted by Crippen LogP contribution is -2.11. The van der Waals surface area contributed by atoms with Crippen LogP contribution in [0.2, 0.25) is 0 Å². The molecule has 2 N–H and O–H groups in total. The fourth-order valence-corrected chi connectivity index (χ4v) is 2.03. The second kappa shape index (κ2) is 5.46. The molecule has 0 spiro atoms. The van der Waals surface area contributed by atoms with Crippen molar-refractivity contribution in [2.24, 2.45) is 5.73 Å². The molecule has 1 unspecified atom stereocenters. The van der Waals surface area contributed by atoms with Gasteiger partial charge in [0, 0.05) is 0 Å². The number of hydrogen-bond donors (Lipinski definition) is 1. The monoisotopic (exact) mass is 311 g/mol. The van der Waals surface area contributed by atoms with E-state index in [0.717, 1.165) is 5.56 Å². The number of rotatable bonds is 4. The summed E-state index contributed by atoms with van der Waals surface area (Å²) in [7, 11) is 3.19. The zero-order valence-corrected chi connectivity index (χ0v) is 11.7. The summed E-state index contributed by atoms with van der Waals surface area (Å²) < 4.78 is 16.5. The molecule has 5 heteroatoms. The van der Waals surface area contributed by atoms with E-state index in [2.05, 4.69) is 15.9 Å². The summed E-state index contributed by atoms with van der Waals surface area (Å²) in [6.45, 7) is 0. The smallest absolute Gasteiger partial charge is 0.169 e. The first-order valence-corrected chi connectivity index (χ1v) is 6.17. The van der Waals surface area contributed by atoms with Crippen LogP contribution in [0.5, 0.6) is 11.5 Å². The van der Waals surface area contributed by atoms with Crippen LogP contribution in [0.1, 0.15) is 17.4 Å². The highest BCUT2D eigenvalue weighted by molar-refractivity contribution is 9.10. The average Bonchev–Trinajstić information content (AvgIpc) is 2.83. The minimum absolute atomic E-state index is 0.337. The average molecular weight is 312 g/mol. The third kappa shape index (κ3) is 2.52. The summed E-state index contributed by atoms with van der Waals surface area (Å²) in [6.07, 6.45) is 0. The van der Waals surface area contributed by atoms with Gasteiger partial charge in [-0.05, 0) is 45.8 Å². The van der Waals surface area contributed by atoms with Gasteiger partial charge in [-0.25, -0.2) is 0 Å². The standard InChI is InChI=1S/C13H14BrNO3/c1-16-9-4-3-8(7-11(9)17-2)13(15)10-5-6-12(14)18-10/h3-7,13H,15H2,1-2H3. The predicted octanol–water partition coefficient (Wildman–Crippen LogP) is 3.11. The molecule has 0 aliphatic carbocycles. The number of halogens is 1. The Balaban J connectivity index is 2.33. The molecule has 2 aromatic rings. The van der Waals surface area contributed by atoms with Crippen molar-refractivity contribution in [1.29, 1.82) is 0 Å². The van der Waals surface area contributed by atoms with E-state index in [-0.39, 0.29) is 6.04 Å². The van der Waals surface area contributed by atoms with Crippen LogP contribution < -0.4 is 15.2 Å². The van der Waals surface area contributed by atoms with Crippen LogP contribution in [0.25, 0.3) is 0 Å². The van der Waals surface area contributed by atoms with Gasteiger partial charge in [0.05, 0.1) is 20.3 Å². The number of nitrogens with two attached hydrogens (primary N) is 1. The second-order valence-electron chi connectivity index (χ2n) is 3.73. The zero-order chi connectivity index (χ0) is 13.1. The van der Waals surface area contributed by atoms with Gasteiger partial charge in [-0.1, -0.05) is 6.07 Å². The quantitative estimate of drug-likeness (QED) is 0.942. The number of benzene rings is 1. The van der Waals surface area contributed by atoms with Gasteiger partial charge >= 0.3 is 0 Å². The Morgan fingerprint density at radius 3 is 2.39 bits per heavy atom. The largest absolute Gasteiger partial charge is 0.493 e. The van der Waals surface area contributed by atoms with E-state index in [4.69, 9.17) is 19.6 Å². The summed E-state index contributed by atoms with van der Waals surface area (Å²) in [5.41, 5.74) is 7.03. The summed E-state index contributed by atoms with van der Waals surface area (Å²) in [5.74, 6) is 2.01. The first-order valence-electron chi connectivity index (χ1n) is 5.38. The van der Waals surface area contributed by atoms with E-state index in [1.165, 1.54) is 0 Å². The maximum atomic E-state index is 6.13. The molecular weight excluding hydrogens is 298 g/mol. The molecule has 1 heterocycles. The molecule has 0 saturated heterocycles. The Bertz CT molecular complexity index is 539. The van der Waals surface area contributed by atoms with Crippen LogP contribution in [-0.4, -0.2) is 14.2 Å². The Morgan fingerprint density at radius 1 is 1.11 bits per heavy atom. The van der Waals surface area contributed by atoms with Gasteiger partial charge < -0.3 is 19.6 Å². The molecule has 1 aromatic carbocycles. The molecule has 2 rings (SSSR count). The van der Waals surface area contributed by atoms with E-state index >= 15 is 0 Å². The highest BCUT2D eigenvalue weighted by atomic mass is 79.9. The Morgan fingerprint density at radius 2 is 1.83 bits per heavy atom. The Hall–Kier alpha value is -1.46. The van der Waals surface area contributed by atoms with Crippen molar-refractivity contribution >= 4 is 15.9 Å². The van der Waals surface area contributed by atoms with Gasteiger partial charge in [0.2, 0.25) is 0 Å². The van der Waals surface area contributed by atoms with Gasteiger partial charge in [-0.3, -0.25) is 0 Å². The molecule has 0 saturated carbocycles. The van der Waals surface area contributed by atoms with E-state index in [1.807, 2.05) is 30.3 Å². The molecule has 0 fully saturated rings. The lowest BCUT2D eigenvalue weighted by molar-refractivity contribution is 0.354. The Kier molecular flexibility index (Phi) is 3.93. The van der Waals surface area contributed by atoms with Crippen molar-refractivity contribution in [3.63, 3.8) is 0 Å². The molecule has 0 aliphatic rings. The molecule has 18 heavy (non-hydrogen) atoms. The molecule has 4 nitrogen and oxygen atoms in total. The summed E-state index contributed by atoms with van der Waals surface area (Å²) in [6, 6.07) is 8.88. The molecule has 0 amide bonds. The topological polar surface area (TPSA) is 57.6 Å². The number of ether oxygens (including phenoxy) is 2. The van der Waals surface area contributed by atoms with Crippen LogP contribution in [0.4, 0.5) is 0 Å². The lowest BCUT2D eigenvalue weighted by Gasteiger charge is -2.13. The van der Waals surface area contributed by atoms with Gasteiger partial charge in [-0.2, -0.15) is 0 Å². The first-order chi connectivity index (χ1) is 8.65. The Labute approximate surface area is 114 Å². The molecule has 0 bridgehead atoms. The van der Waals surface area contributed by atoms with Crippen molar-refractivity contribution in [2.75, 3.05) is 14.2 Å². The maximum absolute atomic E-state index is 6.13. The maximum Gasteiger partial charge on any atom is 0.169 e. The molecule has 96 valence electrons. The summed E-state index contributed by atoms with van der Waals surface area (Å²) in [5, 5.41) is 0. The van der Waals surface area contributed by atoms with E-state index in [1.54, 1.807) is 14.2 Å². The van der Waals surface area contributed by atoms with Crippen LogP contribution in [0, 0.1) is 0 Å². The van der Waals surface area contributed by atoms with Gasteiger partial charge in [0.25, 0.3) is 0 Å². The van der Waals surface area contributed by atoms with Crippen molar-refractivity contribution in [3.8, 4) is 11.5 Å². The van der Waals surface area contributed by atoms with Crippen molar-refractivity contribution < 1.29 is 13.9 Å². The predicted molar refractivity (Wildman–Crippen MR) is 72.0 cm³/mol. The second-order valence-corrected chi connectivity index (χ2v) is 4.52. The minimum Gasteiger partial charge on any atom is -0.493 e. The number of methoxy groups -OCH3 is 2. The molecule has 0 aliphatic heterocycles. The molecule has 1 atom stereocenters. The SMILES string of the molecule is COc1ccc(C(N)c2ccc(Br)o2)cc1OC. The number of hydrogen-bond acceptors (Lipinski definition) is 4. The van der Waals surface area contributed by atoms with Gasteiger partial charge in [0.15, 0.2) is 16.2 Å². The third-order valence-electron chi connectivity index (χ3n) is 2.67. The molecule has 0 radical (unpaired) electrons. The molecule has 1 aromatic heterocycles. The summed E-state index contributed by atoms with van der Waals surface area (Å²) >= 11 is 3.26. The van der Waals surface area contributed by atoms with E-state index in [9.17, 15) is 0 Å². The highest BCUT2D eigenvalue weighted by Crippen LogP contribution is 2.32.